The van der Waals surface area contributed by atoms with Crippen molar-refractivity contribution >= 4 is 21.4 Å². The molecule has 0 aromatic carbocycles. The molecule has 3 rings (SSSR count). The van der Waals surface area contributed by atoms with Crippen LogP contribution in [0.1, 0.15) is 23.5 Å². The number of H-pyrrole nitrogens is 1. The normalized spacial score (nSPS) is 15.6. The van der Waals surface area contributed by atoms with Gasteiger partial charge < -0.3 is 10.3 Å². The van der Waals surface area contributed by atoms with Crippen molar-refractivity contribution in [1.82, 2.24) is 20.0 Å². The number of aromatic nitrogens is 2. The van der Waals surface area contributed by atoms with Crippen LogP contribution in [0, 0.1) is 0 Å². The number of thiophene rings is 1. The Morgan fingerprint density at radius 1 is 1.40 bits per heavy atom. The van der Waals surface area contributed by atoms with E-state index in [9.17, 15) is 8.42 Å². The number of hydrogen-bond donors (Lipinski definition) is 3. The van der Waals surface area contributed by atoms with E-state index in [4.69, 9.17) is 0 Å². The van der Waals surface area contributed by atoms with Crippen molar-refractivity contribution in [3.63, 3.8) is 0 Å². The first-order valence-corrected chi connectivity index (χ1v) is 8.79. The lowest BCUT2D eigenvalue weighted by Gasteiger charge is -2.07. The van der Waals surface area contributed by atoms with Crippen molar-refractivity contribution in [3.05, 3.63) is 34.5 Å². The summed E-state index contributed by atoms with van der Waals surface area (Å²) in [6.07, 6.45) is 5.63. The predicted molar refractivity (Wildman–Crippen MR) is 76.8 cm³/mol. The van der Waals surface area contributed by atoms with Gasteiger partial charge in [0.25, 0.3) is 0 Å². The van der Waals surface area contributed by atoms with Crippen LogP contribution >= 0.6 is 11.3 Å². The summed E-state index contributed by atoms with van der Waals surface area (Å²) in [4.78, 5) is 8.08. The number of hydrogen-bond acceptors (Lipinski definition) is 5. The van der Waals surface area contributed by atoms with Crippen LogP contribution in [0.25, 0.3) is 0 Å². The number of sulfonamides is 1. The number of imidazole rings is 1. The molecule has 0 aliphatic heterocycles. The Labute approximate surface area is 121 Å². The quantitative estimate of drug-likeness (QED) is 0.717. The second-order valence-corrected chi connectivity index (χ2v) is 7.46. The molecule has 108 valence electrons. The van der Waals surface area contributed by atoms with E-state index in [-0.39, 0.29) is 6.54 Å². The summed E-state index contributed by atoms with van der Waals surface area (Å²) in [6, 6.07) is 2.21. The number of rotatable bonds is 7. The average Bonchev–Trinajstić information content (AvgIpc) is 2.94. The summed E-state index contributed by atoms with van der Waals surface area (Å²) in [6.45, 7) is 0.778. The number of nitrogens with one attached hydrogen (secondary N) is 3. The van der Waals surface area contributed by atoms with Gasteiger partial charge in [0, 0.05) is 29.9 Å². The topological polar surface area (TPSA) is 86.9 Å². The molecule has 2 aromatic rings. The van der Waals surface area contributed by atoms with E-state index in [0.29, 0.717) is 23.3 Å². The van der Waals surface area contributed by atoms with E-state index in [2.05, 4.69) is 20.0 Å². The van der Waals surface area contributed by atoms with Crippen molar-refractivity contribution in [2.45, 2.75) is 36.9 Å². The third-order valence-corrected chi connectivity index (χ3v) is 5.64. The highest BCUT2D eigenvalue weighted by Gasteiger charge is 2.23. The zero-order chi connectivity index (χ0) is 14.0. The fourth-order valence-corrected chi connectivity index (χ4v) is 4.24. The maximum absolute atomic E-state index is 12.3. The van der Waals surface area contributed by atoms with Gasteiger partial charge in [-0.1, -0.05) is 0 Å². The van der Waals surface area contributed by atoms with Crippen LogP contribution in [0.15, 0.2) is 28.7 Å². The summed E-state index contributed by atoms with van der Waals surface area (Å²) in [5, 5.41) is 5.15. The summed E-state index contributed by atoms with van der Waals surface area (Å²) in [5.74, 6) is 0.599. The molecule has 1 saturated carbocycles. The fraction of sp³-hybridized carbons (Fsp3) is 0.417. The lowest BCUT2D eigenvalue weighted by molar-refractivity contribution is 0.577. The highest BCUT2D eigenvalue weighted by atomic mass is 32.2. The Bertz CT molecular complexity index is 659. The van der Waals surface area contributed by atoms with E-state index < -0.39 is 10.0 Å². The molecule has 6 nitrogen and oxygen atoms in total. The van der Waals surface area contributed by atoms with Crippen LogP contribution in [0.2, 0.25) is 0 Å². The predicted octanol–water partition coefficient (Wildman–Crippen LogP) is 1.20. The van der Waals surface area contributed by atoms with Gasteiger partial charge in [-0.25, -0.2) is 18.1 Å². The zero-order valence-corrected chi connectivity index (χ0v) is 12.4. The molecule has 2 heterocycles. The van der Waals surface area contributed by atoms with Crippen LogP contribution < -0.4 is 10.0 Å². The monoisotopic (exact) mass is 312 g/mol. The molecular weight excluding hydrogens is 296 g/mol. The van der Waals surface area contributed by atoms with Crippen molar-refractivity contribution in [3.8, 4) is 0 Å². The minimum Gasteiger partial charge on any atom is -0.347 e. The largest absolute Gasteiger partial charge is 0.347 e. The fourth-order valence-electron chi connectivity index (χ4n) is 1.86. The molecule has 3 N–H and O–H groups in total. The number of nitrogens with zero attached hydrogens (tertiary/aromatic N) is 1. The van der Waals surface area contributed by atoms with Crippen LogP contribution in [0.3, 0.4) is 0 Å². The smallest absolute Gasteiger partial charge is 0.242 e. The molecule has 0 atom stereocenters. The molecule has 1 aliphatic rings. The van der Waals surface area contributed by atoms with Crippen LogP contribution in [0.4, 0.5) is 0 Å². The average molecular weight is 312 g/mol. The van der Waals surface area contributed by atoms with Gasteiger partial charge in [0.15, 0.2) is 0 Å². The molecule has 0 saturated heterocycles. The zero-order valence-electron chi connectivity index (χ0n) is 10.8. The first-order valence-electron chi connectivity index (χ1n) is 6.43. The summed E-state index contributed by atoms with van der Waals surface area (Å²) in [7, 11) is -3.49. The summed E-state index contributed by atoms with van der Waals surface area (Å²) in [5.41, 5.74) is 0. The second-order valence-electron chi connectivity index (χ2n) is 4.72. The van der Waals surface area contributed by atoms with Gasteiger partial charge in [-0.2, -0.15) is 0 Å². The van der Waals surface area contributed by atoms with E-state index in [1.807, 2.05) is 5.38 Å². The lowest BCUT2D eigenvalue weighted by Crippen LogP contribution is -2.25. The standard InChI is InChI=1S/C12H16N4O2S2/c17-20(18,16-8-12-13-4-5-14-12)11-3-6-19-10(11)7-15-9-1-2-9/h3-6,9,15-16H,1-2,7-8H2,(H,13,14). The molecule has 1 aliphatic carbocycles. The molecule has 1 fully saturated rings. The van der Waals surface area contributed by atoms with Gasteiger partial charge in [-0.15, -0.1) is 11.3 Å². The highest BCUT2D eigenvalue weighted by Crippen LogP contribution is 2.24. The van der Waals surface area contributed by atoms with Crippen molar-refractivity contribution < 1.29 is 8.42 Å². The van der Waals surface area contributed by atoms with Crippen molar-refractivity contribution in [2.75, 3.05) is 0 Å². The molecule has 0 radical (unpaired) electrons. The minimum atomic E-state index is -3.49. The molecule has 0 bridgehead atoms. The Morgan fingerprint density at radius 2 is 2.25 bits per heavy atom. The molecule has 0 unspecified atom stereocenters. The third kappa shape index (κ3) is 3.26. The Morgan fingerprint density at radius 3 is 2.95 bits per heavy atom. The second kappa shape index (κ2) is 5.65. The van der Waals surface area contributed by atoms with Crippen molar-refractivity contribution in [2.24, 2.45) is 0 Å². The third-order valence-electron chi connectivity index (χ3n) is 3.11. The van der Waals surface area contributed by atoms with E-state index in [1.54, 1.807) is 18.5 Å². The molecule has 20 heavy (non-hydrogen) atoms. The molecule has 0 amide bonds. The van der Waals surface area contributed by atoms with Crippen LogP contribution in [-0.4, -0.2) is 24.4 Å². The SMILES string of the molecule is O=S(=O)(NCc1ncc[nH]1)c1ccsc1CNC1CC1. The van der Waals surface area contributed by atoms with E-state index >= 15 is 0 Å². The molecule has 8 heteroatoms. The maximum atomic E-state index is 12.3. The number of aromatic amines is 1. The maximum Gasteiger partial charge on any atom is 0.242 e. The first-order chi connectivity index (χ1) is 9.65. The summed E-state index contributed by atoms with van der Waals surface area (Å²) >= 11 is 1.46. The minimum absolute atomic E-state index is 0.167. The van der Waals surface area contributed by atoms with E-state index in [1.165, 1.54) is 24.2 Å². The Balaban J connectivity index is 1.68. The van der Waals surface area contributed by atoms with Crippen molar-refractivity contribution in [1.29, 1.82) is 0 Å². The van der Waals surface area contributed by atoms with Gasteiger partial charge in [0.1, 0.15) is 5.82 Å². The molecule has 2 aromatic heterocycles. The van der Waals surface area contributed by atoms with Gasteiger partial charge in [-0.3, -0.25) is 0 Å². The van der Waals surface area contributed by atoms with Gasteiger partial charge in [-0.05, 0) is 24.3 Å². The molecular formula is C12H16N4O2S2. The first kappa shape index (κ1) is 13.7. The van der Waals surface area contributed by atoms with Gasteiger partial charge in [0.2, 0.25) is 10.0 Å². The van der Waals surface area contributed by atoms with Gasteiger partial charge >= 0.3 is 0 Å². The van der Waals surface area contributed by atoms with Crippen LogP contribution in [-0.2, 0) is 23.1 Å². The van der Waals surface area contributed by atoms with E-state index in [0.717, 1.165) is 4.88 Å². The Hall–Kier alpha value is -1.22. The summed E-state index contributed by atoms with van der Waals surface area (Å²) < 4.78 is 27.2. The Kier molecular flexibility index (Phi) is 3.88. The van der Waals surface area contributed by atoms with Crippen LogP contribution in [0.5, 0.6) is 0 Å². The highest BCUT2D eigenvalue weighted by molar-refractivity contribution is 7.89. The van der Waals surface area contributed by atoms with Gasteiger partial charge in [0.05, 0.1) is 11.4 Å². The lowest BCUT2D eigenvalue weighted by atomic mass is 10.4. The molecule has 0 spiro atoms.